The Kier molecular flexibility index (Phi) is 6.82. The van der Waals surface area contributed by atoms with E-state index >= 15 is 0 Å². The van der Waals surface area contributed by atoms with Crippen molar-refractivity contribution in [3.8, 4) is 17.1 Å². The summed E-state index contributed by atoms with van der Waals surface area (Å²) < 4.78 is 7.65. The number of hydrogen-bond donors (Lipinski definition) is 1. The summed E-state index contributed by atoms with van der Waals surface area (Å²) in [6.45, 7) is 2.18. The van der Waals surface area contributed by atoms with E-state index in [1.54, 1.807) is 7.11 Å². The van der Waals surface area contributed by atoms with Crippen LogP contribution in [0.1, 0.15) is 24.8 Å². The van der Waals surface area contributed by atoms with Gasteiger partial charge >= 0.3 is 0 Å². The van der Waals surface area contributed by atoms with Crippen LogP contribution in [-0.2, 0) is 17.8 Å². The first-order chi connectivity index (χ1) is 15.1. The Hall–Kier alpha value is -2.93. The molecular weight excluding hydrogens is 408 g/mol. The zero-order chi connectivity index (χ0) is 21.6. The molecule has 0 atom stereocenters. The maximum Gasteiger partial charge on any atom is 0.224 e. The lowest BCUT2D eigenvalue weighted by molar-refractivity contribution is -0.132. The molecule has 1 amide bonds. The topological polar surface area (TPSA) is 63.1 Å². The van der Waals surface area contributed by atoms with Crippen molar-refractivity contribution in [2.24, 2.45) is 5.92 Å². The van der Waals surface area contributed by atoms with Gasteiger partial charge in [-0.05, 0) is 67.2 Å². The molecule has 6 nitrogen and oxygen atoms in total. The molecule has 2 heterocycles. The Morgan fingerprint density at radius 2 is 1.84 bits per heavy atom. The molecule has 0 spiro atoms. The molecule has 2 aromatic carbocycles. The van der Waals surface area contributed by atoms with Gasteiger partial charge in [-0.15, -0.1) is 0 Å². The summed E-state index contributed by atoms with van der Waals surface area (Å²) in [5.41, 5.74) is 2.31. The molecule has 31 heavy (non-hydrogen) atoms. The summed E-state index contributed by atoms with van der Waals surface area (Å²) >= 11 is 5.40. The second kappa shape index (κ2) is 9.92. The van der Waals surface area contributed by atoms with Gasteiger partial charge in [0.15, 0.2) is 10.6 Å². The fourth-order valence-corrected chi connectivity index (χ4v) is 4.41. The molecular formula is C24H28N4O2S. The van der Waals surface area contributed by atoms with E-state index in [9.17, 15) is 4.79 Å². The van der Waals surface area contributed by atoms with Crippen molar-refractivity contribution < 1.29 is 9.53 Å². The van der Waals surface area contributed by atoms with Crippen LogP contribution in [-0.4, -0.2) is 45.8 Å². The summed E-state index contributed by atoms with van der Waals surface area (Å²) in [5.74, 6) is 2.36. The first-order valence-electron chi connectivity index (χ1n) is 10.8. The minimum absolute atomic E-state index is 0.182. The van der Waals surface area contributed by atoms with Crippen molar-refractivity contribution in [3.63, 3.8) is 0 Å². The standard InChI is InChI=1S/C24H28N4O2S/c1-30-21-9-7-20(8-10-21)23-25-26-24(31)28(23)16-13-22(29)27-14-11-19(12-15-27)17-18-5-3-2-4-6-18/h2-10,19H,11-17H2,1H3,(H,26,31). The molecule has 0 saturated carbocycles. The van der Waals surface area contributed by atoms with E-state index in [0.29, 0.717) is 23.7 Å². The fourth-order valence-electron chi connectivity index (χ4n) is 4.19. The van der Waals surface area contributed by atoms with E-state index in [2.05, 4.69) is 40.5 Å². The maximum absolute atomic E-state index is 12.8. The number of aromatic amines is 1. The summed E-state index contributed by atoms with van der Waals surface area (Å²) in [7, 11) is 1.64. The van der Waals surface area contributed by atoms with E-state index in [1.807, 2.05) is 33.7 Å². The molecule has 1 saturated heterocycles. The molecule has 1 aliphatic heterocycles. The second-order valence-corrected chi connectivity index (χ2v) is 8.38. The number of rotatable bonds is 7. The van der Waals surface area contributed by atoms with Gasteiger partial charge < -0.3 is 9.64 Å². The van der Waals surface area contributed by atoms with Gasteiger partial charge in [0, 0.05) is 31.6 Å². The first-order valence-corrected chi connectivity index (χ1v) is 11.2. The number of ether oxygens (including phenoxy) is 1. The minimum Gasteiger partial charge on any atom is -0.497 e. The highest BCUT2D eigenvalue weighted by Crippen LogP contribution is 2.23. The molecule has 1 N–H and O–H groups in total. The van der Waals surface area contributed by atoms with Gasteiger partial charge in [-0.1, -0.05) is 30.3 Å². The number of carbonyl (C=O) groups is 1. The number of piperidine rings is 1. The van der Waals surface area contributed by atoms with Crippen LogP contribution in [0.15, 0.2) is 54.6 Å². The molecule has 162 valence electrons. The van der Waals surface area contributed by atoms with Crippen LogP contribution in [0.25, 0.3) is 11.4 Å². The van der Waals surface area contributed by atoms with E-state index < -0.39 is 0 Å². The van der Waals surface area contributed by atoms with Crippen LogP contribution < -0.4 is 4.74 Å². The lowest BCUT2D eigenvalue weighted by Crippen LogP contribution is -2.39. The average molecular weight is 437 g/mol. The predicted octanol–water partition coefficient (Wildman–Crippen LogP) is 4.49. The molecule has 0 aliphatic carbocycles. The Balaban J connectivity index is 1.32. The van der Waals surface area contributed by atoms with Crippen molar-refractivity contribution in [3.05, 3.63) is 64.9 Å². The Labute approximate surface area is 187 Å². The molecule has 7 heteroatoms. The number of likely N-dealkylation sites (tertiary alicyclic amines) is 1. The van der Waals surface area contributed by atoms with Crippen molar-refractivity contribution in [1.82, 2.24) is 19.7 Å². The fraction of sp³-hybridized carbons (Fsp3) is 0.375. The number of carbonyl (C=O) groups excluding carboxylic acids is 1. The largest absolute Gasteiger partial charge is 0.497 e. The number of hydrogen-bond acceptors (Lipinski definition) is 4. The molecule has 0 unspecified atom stereocenters. The SMILES string of the molecule is COc1ccc(-c2n[nH]c(=S)n2CCC(=O)N2CCC(Cc3ccccc3)CC2)cc1. The van der Waals surface area contributed by atoms with Crippen LogP contribution in [0.4, 0.5) is 0 Å². The third-order valence-corrected chi connectivity index (χ3v) is 6.30. The molecule has 1 fully saturated rings. The van der Waals surface area contributed by atoms with Gasteiger partial charge in [0.1, 0.15) is 5.75 Å². The quantitative estimate of drug-likeness (QED) is 0.555. The van der Waals surface area contributed by atoms with E-state index in [1.165, 1.54) is 5.56 Å². The average Bonchev–Trinajstić information content (AvgIpc) is 3.19. The van der Waals surface area contributed by atoms with Crippen molar-refractivity contribution in [2.45, 2.75) is 32.2 Å². The molecule has 4 rings (SSSR count). The Bertz CT molecular complexity index is 1050. The lowest BCUT2D eigenvalue weighted by Gasteiger charge is -2.32. The summed E-state index contributed by atoms with van der Waals surface area (Å²) in [6, 6.07) is 18.3. The molecule has 0 radical (unpaired) electrons. The molecule has 3 aromatic rings. The summed E-state index contributed by atoms with van der Waals surface area (Å²) in [5, 5.41) is 7.22. The highest BCUT2D eigenvalue weighted by atomic mass is 32.1. The molecule has 0 bridgehead atoms. The predicted molar refractivity (Wildman–Crippen MR) is 123 cm³/mol. The smallest absolute Gasteiger partial charge is 0.224 e. The summed E-state index contributed by atoms with van der Waals surface area (Å²) in [6.07, 6.45) is 3.63. The maximum atomic E-state index is 12.8. The van der Waals surface area contributed by atoms with Crippen LogP contribution in [0, 0.1) is 10.7 Å². The number of H-pyrrole nitrogens is 1. The number of benzene rings is 2. The van der Waals surface area contributed by atoms with Gasteiger partial charge in [-0.2, -0.15) is 5.10 Å². The van der Waals surface area contributed by atoms with Crippen molar-refractivity contribution in [1.29, 1.82) is 0 Å². The van der Waals surface area contributed by atoms with Crippen molar-refractivity contribution >= 4 is 18.1 Å². The Morgan fingerprint density at radius 1 is 1.13 bits per heavy atom. The number of nitrogens with zero attached hydrogens (tertiary/aromatic N) is 3. The Morgan fingerprint density at radius 3 is 2.52 bits per heavy atom. The third kappa shape index (κ3) is 5.22. The number of nitrogens with one attached hydrogen (secondary N) is 1. The third-order valence-electron chi connectivity index (χ3n) is 5.99. The lowest BCUT2D eigenvalue weighted by atomic mass is 9.90. The van der Waals surface area contributed by atoms with E-state index in [-0.39, 0.29) is 5.91 Å². The number of methoxy groups -OCH3 is 1. The van der Waals surface area contributed by atoms with Crippen LogP contribution in [0.2, 0.25) is 0 Å². The van der Waals surface area contributed by atoms with Gasteiger partial charge in [0.25, 0.3) is 0 Å². The van der Waals surface area contributed by atoms with Gasteiger partial charge in [0.2, 0.25) is 5.91 Å². The van der Waals surface area contributed by atoms with Crippen LogP contribution >= 0.6 is 12.2 Å². The van der Waals surface area contributed by atoms with Gasteiger partial charge in [-0.25, -0.2) is 0 Å². The van der Waals surface area contributed by atoms with Gasteiger partial charge in [-0.3, -0.25) is 14.5 Å². The number of aromatic nitrogens is 3. The molecule has 1 aromatic heterocycles. The van der Waals surface area contributed by atoms with Crippen molar-refractivity contribution in [2.75, 3.05) is 20.2 Å². The monoisotopic (exact) mass is 436 g/mol. The van der Waals surface area contributed by atoms with E-state index in [0.717, 1.165) is 49.5 Å². The minimum atomic E-state index is 0.182. The van der Waals surface area contributed by atoms with Gasteiger partial charge in [0.05, 0.1) is 7.11 Å². The zero-order valence-corrected chi connectivity index (χ0v) is 18.6. The van der Waals surface area contributed by atoms with Crippen LogP contribution in [0.5, 0.6) is 5.75 Å². The second-order valence-electron chi connectivity index (χ2n) is 8.00. The summed E-state index contributed by atoms with van der Waals surface area (Å²) in [4.78, 5) is 14.8. The first kappa shape index (κ1) is 21.3. The number of amides is 1. The highest BCUT2D eigenvalue weighted by Gasteiger charge is 2.23. The van der Waals surface area contributed by atoms with E-state index in [4.69, 9.17) is 17.0 Å². The highest BCUT2D eigenvalue weighted by molar-refractivity contribution is 7.71. The molecule has 1 aliphatic rings. The van der Waals surface area contributed by atoms with Crippen LogP contribution in [0.3, 0.4) is 0 Å². The zero-order valence-electron chi connectivity index (χ0n) is 17.8. The normalized spacial score (nSPS) is 14.5.